The van der Waals surface area contributed by atoms with E-state index >= 15 is 0 Å². The van der Waals surface area contributed by atoms with Crippen molar-refractivity contribution in [3.8, 4) is 5.75 Å². The van der Waals surface area contributed by atoms with Gasteiger partial charge in [-0.1, -0.05) is 0 Å². The summed E-state index contributed by atoms with van der Waals surface area (Å²) in [5, 5.41) is 8.71. The molecule has 7 heteroatoms. The number of nitrogen functional groups attached to an aromatic ring is 1. The van der Waals surface area contributed by atoms with E-state index in [4.69, 9.17) is 15.6 Å². The summed E-state index contributed by atoms with van der Waals surface area (Å²) in [5.41, 5.74) is 6.15. The molecule has 0 saturated heterocycles. The Bertz CT molecular complexity index is 473. The van der Waals surface area contributed by atoms with Gasteiger partial charge in [-0.25, -0.2) is 13.1 Å². The molecule has 0 saturated carbocycles. The third-order valence-electron chi connectivity index (χ3n) is 2.44. The van der Waals surface area contributed by atoms with Crippen LogP contribution in [0.2, 0.25) is 0 Å². The lowest BCUT2D eigenvalue weighted by molar-refractivity contribution is 0.275. The first kappa shape index (κ1) is 15.7. The van der Waals surface area contributed by atoms with Crippen LogP contribution in [0, 0.1) is 0 Å². The van der Waals surface area contributed by atoms with Gasteiger partial charge in [-0.2, -0.15) is 0 Å². The molecule has 1 unspecified atom stereocenters. The summed E-state index contributed by atoms with van der Waals surface area (Å²) in [5.74, 6) is 0.445. The first-order chi connectivity index (χ1) is 8.93. The minimum absolute atomic E-state index is 0.0500. The lowest BCUT2D eigenvalue weighted by Gasteiger charge is -2.13. The molecule has 1 atom stereocenters. The van der Waals surface area contributed by atoms with Gasteiger partial charge < -0.3 is 15.6 Å². The molecule has 1 aromatic carbocycles. The Kier molecular flexibility index (Phi) is 6.07. The van der Waals surface area contributed by atoms with Crippen LogP contribution in [0.1, 0.15) is 13.3 Å². The highest BCUT2D eigenvalue weighted by Gasteiger charge is 2.14. The summed E-state index contributed by atoms with van der Waals surface area (Å²) >= 11 is 0. The molecule has 108 valence electrons. The van der Waals surface area contributed by atoms with Gasteiger partial charge in [-0.05, 0) is 37.6 Å². The summed E-state index contributed by atoms with van der Waals surface area (Å²) in [4.78, 5) is 0. The molecule has 1 aromatic rings. The first-order valence-corrected chi connectivity index (χ1v) is 7.67. The van der Waals surface area contributed by atoms with Crippen molar-refractivity contribution in [3.05, 3.63) is 24.3 Å². The van der Waals surface area contributed by atoms with Crippen LogP contribution in [0.5, 0.6) is 5.75 Å². The van der Waals surface area contributed by atoms with Gasteiger partial charge in [-0.3, -0.25) is 0 Å². The molecule has 1 rings (SSSR count). The Morgan fingerprint density at radius 2 is 2.00 bits per heavy atom. The van der Waals surface area contributed by atoms with E-state index in [-0.39, 0.29) is 25.0 Å². The fourth-order valence-electron chi connectivity index (χ4n) is 1.45. The number of hydrogen-bond donors (Lipinski definition) is 3. The number of nitrogens with one attached hydrogen (secondary N) is 1. The average Bonchev–Trinajstić information content (AvgIpc) is 2.31. The van der Waals surface area contributed by atoms with Crippen molar-refractivity contribution >= 4 is 15.7 Å². The maximum absolute atomic E-state index is 11.7. The van der Waals surface area contributed by atoms with Crippen LogP contribution in [-0.4, -0.2) is 38.5 Å². The van der Waals surface area contributed by atoms with Gasteiger partial charge in [0.05, 0.1) is 5.75 Å². The molecule has 0 bridgehead atoms. The molecule has 0 aromatic heterocycles. The molecular formula is C12H20N2O4S. The Labute approximate surface area is 113 Å². The molecule has 0 radical (unpaired) electrons. The summed E-state index contributed by atoms with van der Waals surface area (Å²) < 4.78 is 31.1. The van der Waals surface area contributed by atoms with Crippen LogP contribution in [0.15, 0.2) is 24.3 Å². The third-order valence-corrected chi connectivity index (χ3v) is 3.91. The highest BCUT2D eigenvalue weighted by Crippen LogP contribution is 2.12. The van der Waals surface area contributed by atoms with E-state index < -0.39 is 10.0 Å². The fraction of sp³-hybridized carbons (Fsp3) is 0.500. The zero-order valence-corrected chi connectivity index (χ0v) is 11.7. The number of ether oxygens (including phenoxy) is 1. The number of anilines is 1. The van der Waals surface area contributed by atoms with Gasteiger partial charge in [0.1, 0.15) is 12.4 Å². The molecule has 0 amide bonds. The van der Waals surface area contributed by atoms with Crippen molar-refractivity contribution in [2.24, 2.45) is 0 Å². The smallest absolute Gasteiger partial charge is 0.215 e. The monoisotopic (exact) mass is 288 g/mol. The number of nitrogens with two attached hydrogens (primary N) is 1. The molecule has 0 aliphatic heterocycles. The number of aliphatic hydroxyl groups is 1. The standard InChI is InChI=1S/C12H20N2O4S/c1-10(6-7-15)14-19(16,17)9-8-18-12-4-2-11(13)3-5-12/h2-5,10,14-15H,6-9,13H2,1H3. The van der Waals surface area contributed by atoms with Gasteiger partial charge in [0.15, 0.2) is 0 Å². The number of sulfonamides is 1. The van der Waals surface area contributed by atoms with E-state index in [0.29, 0.717) is 17.9 Å². The second-order valence-electron chi connectivity index (χ2n) is 4.27. The minimum atomic E-state index is -3.39. The molecule has 0 aliphatic carbocycles. The van der Waals surface area contributed by atoms with Crippen LogP contribution in [-0.2, 0) is 10.0 Å². The van der Waals surface area contributed by atoms with Gasteiger partial charge in [-0.15, -0.1) is 0 Å². The Morgan fingerprint density at radius 1 is 1.37 bits per heavy atom. The van der Waals surface area contributed by atoms with E-state index in [0.717, 1.165) is 0 Å². The molecule has 6 nitrogen and oxygen atoms in total. The maximum atomic E-state index is 11.7. The second kappa shape index (κ2) is 7.32. The quantitative estimate of drug-likeness (QED) is 0.599. The lowest BCUT2D eigenvalue weighted by Crippen LogP contribution is -2.36. The van der Waals surface area contributed by atoms with Crippen molar-refractivity contribution in [1.29, 1.82) is 0 Å². The zero-order chi connectivity index (χ0) is 14.3. The Balaban J connectivity index is 2.37. The van der Waals surface area contributed by atoms with Gasteiger partial charge in [0, 0.05) is 18.3 Å². The van der Waals surface area contributed by atoms with Crippen LogP contribution in [0.25, 0.3) is 0 Å². The van der Waals surface area contributed by atoms with Gasteiger partial charge in [0.25, 0.3) is 0 Å². The third kappa shape index (κ3) is 6.42. The lowest BCUT2D eigenvalue weighted by atomic mass is 10.3. The van der Waals surface area contributed by atoms with Crippen LogP contribution < -0.4 is 15.2 Å². The summed E-state index contributed by atoms with van der Waals surface area (Å²) in [7, 11) is -3.39. The Hall–Kier alpha value is -1.31. The maximum Gasteiger partial charge on any atom is 0.215 e. The predicted octanol–water partition coefficient (Wildman–Crippen LogP) is 0.338. The molecule has 4 N–H and O–H groups in total. The largest absolute Gasteiger partial charge is 0.492 e. The highest BCUT2D eigenvalue weighted by molar-refractivity contribution is 7.89. The average molecular weight is 288 g/mol. The Morgan fingerprint density at radius 3 is 2.58 bits per heavy atom. The molecule has 0 heterocycles. The SMILES string of the molecule is CC(CCO)NS(=O)(=O)CCOc1ccc(N)cc1. The second-order valence-corrected chi connectivity index (χ2v) is 6.14. The zero-order valence-electron chi connectivity index (χ0n) is 10.9. The number of benzene rings is 1. The van der Waals surface area contributed by atoms with Crippen molar-refractivity contribution in [3.63, 3.8) is 0 Å². The van der Waals surface area contributed by atoms with E-state index in [2.05, 4.69) is 4.72 Å². The summed E-state index contributed by atoms with van der Waals surface area (Å²) in [6, 6.07) is 6.45. The van der Waals surface area contributed by atoms with E-state index in [1.165, 1.54) is 0 Å². The molecule has 0 aliphatic rings. The van der Waals surface area contributed by atoms with Crippen molar-refractivity contribution in [2.75, 3.05) is 24.7 Å². The summed E-state index contributed by atoms with van der Waals surface area (Å²) in [6.45, 7) is 1.71. The van der Waals surface area contributed by atoms with Crippen LogP contribution in [0.4, 0.5) is 5.69 Å². The topological polar surface area (TPSA) is 102 Å². The minimum Gasteiger partial charge on any atom is -0.492 e. The first-order valence-electron chi connectivity index (χ1n) is 6.02. The summed E-state index contributed by atoms with van der Waals surface area (Å²) in [6.07, 6.45) is 0.387. The molecule has 19 heavy (non-hydrogen) atoms. The van der Waals surface area contributed by atoms with Crippen molar-refractivity contribution in [1.82, 2.24) is 4.72 Å². The fourth-order valence-corrected chi connectivity index (χ4v) is 2.60. The van der Waals surface area contributed by atoms with Crippen molar-refractivity contribution < 1.29 is 18.3 Å². The van der Waals surface area contributed by atoms with Gasteiger partial charge in [0.2, 0.25) is 10.0 Å². The van der Waals surface area contributed by atoms with Crippen LogP contribution in [0.3, 0.4) is 0 Å². The van der Waals surface area contributed by atoms with E-state index in [1.54, 1.807) is 31.2 Å². The normalized spacial score (nSPS) is 13.2. The highest BCUT2D eigenvalue weighted by atomic mass is 32.2. The van der Waals surface area contributed by atoms with Crippen LogP contribution >= 0.6 is 0 Å². The predicted molar refractivity (Wildman–Crippen MR) is 74.4 cm³/mol. The molecule has 0 fully saturated rings. The molecular weight excluding hydrogens is 268 g/mol. The van der Waals surface area contributed by atoms with Crippen molar-refractivity contribution in [2.45, 2.75) is 19.4 Å². The number of hydrogen-bond acceptors (Lipinski definition) is 5. The molecule has 0 spiro atoms. The van der Waals surface area contributed by atoms with E-state index in [9.17, 15) is 8.42 Å². The number of rotatable bonds is 8. The van der Waals surface area contributed by atoms with E-state index in [1.807, 2.05) is 0 Å². The van der Waals surface area contributed by atoms with Gasteiger partial charge >= 0.3 is 0 Å². The number of aliphatic hydroxyl groups excluding tert-OH is 1.